The van der Waals surface area contributed by atoms with Crippen molar-refractivity contribution < 1.29 is 0 Å². The van der Waals surface area contributed by atoms with E-state index < -0.39 is 0 Å². The minimum Gasteiger partial charge on any atom is -0.282 e. The lowest BCUT2D eigenvalue weighted by atomic mass is 9.91. The van der Waals surface area contributed by atoms with Gasteiger partial charge in [-0.2, -0.15) is 5.10 Å². The maximum Gasteiger partial charge on any atom is 0.0594 e. The topological polar surface area (TPSA) is 28.7 Å². The predicted octanol–water partition coefficient (Wildman–Crippen LogP) is 4.26. The molecule has 0 radical (unpaired) electrons. The lowest BCUT2D eigenvalue weighted by Crippen LogP contribution is -2.05. The van der Waals surface area contributed by atoms with Gasteiger partial charge in [-0.15, -0.1) is 0 Å². The highest BCUT2D eigenvalue weighted by atomic mass is 15.1. The van der Waals surface area contributed by atoms with Crippen molar-refractivity contribution in [3.63, 3.8) is 0 Å². The quantitative estimate of drug-likeness (QED) is 0.699. The fourth-order valence-electron chi connectivity index (χ4n) is 2.23. The van der Waals surface area contributed by atoms with E-state index in [-0.39, 0.29) is 0 Å². The Balaban J connectivity index is 2.41. The number of aromatic amines is 1. The second-order valence-electron chi connectivity index (χ2n) is 4.89. The number of hydrogen-bond donors (Lipinski definition) is 1. The average Bonchev–Trinajstić information content (AvgIpc) is 2.68. The summed E-state index contributed by atoms with van der Waals surface area (Å²) >= 11 is 0. The molecule has 0 saturated heterocycles. The first kappa shape index (κ1) is 13.3. The van der Waals surface area contributed by atoms with Gasteiger partial charge in [0.1, 0.15) is 0 Å². The summed E-state index contributed by atoms with van der Waals surface area (Å²) in [5.41, 5.74) is 2.43. The van der Waals surface area contributed by atoms with Crippen molar-refractivity contribution in [2.24, 2.45) is 5.92 Å². The second kappa shape index (κ2) is 7.48. The molecule has 1 aromatic heterocycles. The number of rotatable bonds is 8. The first-order valence-electron chi connectivity index (χ1n) is 6.77. The molecule has 0 aliphatic heterocycles. The molecule has 1 rings (SSSR count). The third-order valence-corrected chi connectivity index (χ3v) is 3.20. The summed E-state index contributed by atoms with van der Waals surface area (Å²) in [6.07, 6.45) is 9.27. The molecule has 0 amide bonds. The molecular formula is C14H26N2. The smallest absolute Gasteiger partial charge is 0.0594 e. The summed E-state index contributed by atoms with van der Waals surface area (Å²) in [6, 6.07) is 2.19. The first-order chi connectivity index (χ1) is 7.76. The summed E-state index contributed by atoms with van der Waals surface area (Å²) in [7, 11) is 0. The molecule has 1 aromatic rings. The number of aryl methyl sites for hydroxylation is 1. The molecule has 1 heterocycles. The molecule has 0 aliphatic carbocycles. The van der Waals surface area contributed by atoms with Gasteiger partial charge in [-0.25, -0.2) is 0 Å². The highest BCUT2D eigenvalue weighted by Crippen LogP contribution is 2.20. The van der Waals surface area contributed by atoms with Gasteiger partial charge >= 0.3 is 0 Å². The standard InChI is InChI=1S/C14H26N2/c1-4-6-8-13(9-7-5-2)11-14-10-12(3)15-16-14/h10,13H,4-9,11H2,1-3H3,(H,15,16). The largest absolute Gasteiger partial charge is 0.282 e. The monoisotopic (exact) mass is 222 g/mol. The van der Waals surface area contributed by atoms with Crippen LogP contribution in [0.5, 0.6) is 0 Å². The Morgan fingerprint density at radius 1 is 1.19 bits per heavy atom. The summed E-state index contributed by atoms with van der Waals surface area (Å²) in [5, 5.41) is 7.34. The van der Waals surface area contributed by atoms with Crippen LogP contribution in [0.25, 0.3) is 0 Å². The van der Waals surface area contributed by atoms with E-state index in [2.05, 4.69) is 30.1 Å². The van der Waals surface area contributed by atoms with Crippen LogP contribution in [-0.4, -0.2) is 10.2 Å². The fraction of sp³-hybridized carbons (Fsp3) is 0.786. The molecule has 0 fully saturated rings. The van der Waals surface area contributed by atoms with Crippen LogP contribution >= 0.6 is 0 Å². The summed E-state index contributed by atoms with van der Waals surface area (Å²) < 4.78 is 0. The summed E-state index contributed by atoms with van der Waals surface area (Å²) in [6.45, 7) is 6.60. The van der Waals surface area contributed by atoms with E-state index in [0.717, 1.165) is 11.6 Å². The van der Waals surface area contributed by atoms with E-state index in [1.807, 2.05) is 6.92 Å². The SMILES string of the molecule is CCCCC(CCCC)Cc1cc(C)n[nH]1. The van der Waals surface area contributed by atoms with Crippen molar-refractivity contribution in [2.75, 3.05) is 0 Å². The highest BCUT2D eigenvalue weighted by Gasteiger charge is 2.10. The van der Waals surface area contributed by atoms with Crippen molar-refractivity contribution in [1.29, 1.82) is 0 Å². The minimum atomic E-state index is 0.847. The second-order valence-corrected chi connectivity index (χ2v) is 4.89. The third kappa shape index (κ3) is 4.82. The molecule has 0 aliphatic rings. The minimum absolute atomic E-state index is 0.847. The van der Waals surface area contributed by atoms with E-state index in [1.54, 1.807) is 0 Å². The van der Waals surface area contributed by atoms with Gasteiger partial charge in [-0.3, -0.25) is 5.10 Å². The van der Waals surface area contributed by atoms with E-state index >= 15 is 0 Å². The Morgan fingerprint density at radius 2 is 1.81 bits per heavy atom. The molecule has 92 valence electrons. The van der Waals surface area contributed by atoms with Gasteiger partial charge in [0.05, 0.1) is 5.69 Å². The van der Waals surface area contributed by atoms with E-state index in [4.69, 9.17) is 0 Å². The summed E-state index contributed by atoms with van der Waals surface area (Å²) in [5.74, 6) is 0.847. The van der Waals surface area contributed by atoms with Gasteiger partial charge in [0, 0.05) is 5.69 Å². The zero-order chi connectivity index (χ0) is 11.8. The Bertz CT molecular complexity index is 270. The van der Waals surface area contributed by atoms with E-state index in [1.165, 1.54) is 50.6 Å². The summed E-state index contributed by atoms with van der Waals surface area (Å²) in [4.78, 5) is 0. The normalized spacial score (nSPS) is 11.2. The van der Waals surface area contributed by atoms with Crippen LogP contribution < -0.4 is 0 Å². The molecule has 0 unspecified atom stereocenters. The fourth-order valence-corrected chi connectivity index (χ4v) is 2.23. The van der Waals surface area contributed by atoms with Crippen molar-refractivity contribution >= 4 is 0 Å². The van der Waals surface area contributed by atoms with Crippen LogP contribution in [0.1, 0.15) is 63.8 Å². The molecule has 1 N–H and O–H groups in total. The molecule has 0 aromatic carbocycles. The maximum absolute atomic E-state index is 4.21. The Hall–Kier alpha value is -0.790. The molecule has 0 atom stereocenters. The number of unbranched alkanes of at least 4 members (excludes halogenated alkanes) is 2. The zero-order valence-corrected chi connectivity index (χ0v) is 11.1. The van der Waals surface area contributed by atoms with Gasteiger partial charge in [0.2, 0.25) is 0 Å². The Morgan fingerprint density at radius 3 is 2.25 bits per heavy atom. The van der Waals surface area contributed by atoms with E-state index in [9.17, 15) is 0 Å². The molecule has 0 spiro atoms. The predicted molar refractivity (Wildman–Crippen MR) is 69.6 cm³/mol. The molecule has 16 heavy (non-hydrogen) atoms. The molecule has 0 saturated carbocycles. The van der Waals surface area contributed by atoms with Crippen molar-refractivity contribution in [3.05, 3.63) is 17.5 Å². The third-order valence-electron chi connectivity index (χ3n) is 3.20. The Kier molecular flexibility index (Phi) is 6.20. The van der Waals surface area contributed by atoms with Crippen LogP contribution in [0.4, 0.5) is 0 Å². The first-order valence-corrected chi connectivity index (χ1v) is 6.77. The van der Waals surface area contributed by atoms with Crippen molar-refractivity contribution in [2.45, 2.75) is 65.7 Å². The number of nitrogens with zero attached hydrogens (tertiary/aromatic N) is 1. The average molecular weight is 222 g/mol. The van der Waals surface area contributed by atoms with Crippen molar-refractivity contribution in [3.8, 4) is 0 Å². The zero-order valence-electron chi connectivity index (χ0n) is 11.1. The van der Waals surface area contributed by atoms with Crippen molar-refractivity contribution in [1.82, 2.24) is 10.2 Å². The van der Waals surface area contributed by atoms with Crippen LogP contribution in [0.3, 0.4) is 0 Å². The van der Waals surface area contributed by atoms with Gasteiger partial charge in [-0.1, -0.05) is 52.4 Å². The maximum atomic E-state index is 4.21. The molecule has 0 bridgehead atoms. The van der Waals surface area contributed by atoms with Gasteiger partial charge < -0.3 is 0 Å². The Labute approximate surface area is 99.8 Å². The van der Waals surface area contributed by atoms with Gasteiger partial charge in [0.25, 0.3) is 0 Å². The lowest BCUT2D eigenvalue weighted by molar-refractivity contribution is 0.413. The number of nitrogens with one attached hydrogen (secondary N) is 1. The van der Waals surface area contributed by atoms with Crippen LogP contribution in [-0.2, 0) is 6.42 Å². The van der Waals surface area contributed by atoms with Gasteiger partial charge in [-0.05, 0) is 25.3 Å². The van der Waals surface area contributed by atoms with Crippen LogP contribution in [0.15, 0.2) is 6.07 Å². The van der Waals surface area contributed by atoms with Crippen LogP contribution in [0.2, 0.25) is 0 Å². The molecule has 2 nitrogen and oxygen atoms in total. The molecule has 2 heteroatoms. The van der Waals surface area contributed by atoms with Crippen LogP contribution in [0, 0.1) is 12.8 Å². The number of H-pyrrole nitrogens is 1. The van der Waals surface area contributed by atoms with E-state index in [0.29, 0.717) is 0 Å². The molecular weight excluding hydrogens is 196 g/mol. The number of hydrogen-bond acceptors (Lipinski definition) is 1. The lowest BCUT2D eigenvalue weighted by Gasteiger charge is -2.15. The number of aromatic nitrogens is 2. The highest BCUT2D eigenvalue weighted by molar-refractivity contribution is 5.07. The van der Waals surface area contributed by atoms with Gasteiger partial charge in [0.15, 0.2) is 0 Å².